The van der Waals surface area contributed by atoms with Crippen LogP contribution in [0.15, 0.2) is 30.5 Å². The first-order valence-electron chi connectivity index (χ1n) is 5.73. The van der Waals surface area contributed by atoms with Crippen molar-refractivity contribution in [1.29, 1.82) is 0 Å². The monoisotopic (exact) mass is 267 g/mol. The number of hydrogen-bond donors (Lipinski definition) is 1. The third-order valence-electron chi connectivity index (χ3n) is 2.75. The maximum atomic E-state index is 13.7. The molecule has 2 N–H and O–H groups in total. The molecule has 0 saturated heterocycles. The maximum absolute atomic E-state index is 13.7. The molecule has 0 bridgehead atoms. The van der Waals surface area contributed by atoms with Crippen LogP contribution >= 0.6 is 11.6 Å². The van der Waals surface area contributed by atoms with Crippen LogP contribution in [0.3, 0.4) is 0 Å². The standard InChI is InChI=1S/C13H15ClFN3/c1-18-6-5-11(17-18)8-10(16)7-9-3-2-4-12(14)13(9)15/h2-6,10H,7-8,16H2,1H3. The fourth-order valence-electron chi connectivity index (χ4n) is 1.90. The first-order chi connectivity index (χ1) is 8.56. The molecule has 2 aromatic rings. The molecule has 1 atom stereocenters. The highest BCUT2D eigenvalue weighted by molar-refractivity contribution is 6.30. The second-order valence-electron chi connectivity index (χ2n) is 4.36. The average molecular weight is 268 g/mol. The summed E-state index contributed by atoms with van der Waals surface area (Å²) in [5.41, 5.74) is 7.46. The van der Waals surface area contributed by atoms with Gasteiger partial charge in [-0.25, -0.2) is 4.39 Å². The number of hydrogen-bond acceptors (Lipinski definition) is 2. The highest BCUT2D eigenvalue weighted by Crippen LogP contribution is 2.19. The van der Waals surface area contributed by atoms with Crippen LogP contribution in [0.2, 0.25) is 5.02 Å². The van der Waals surface area contributed by atoms with E-state index >= 15 is 0 Å². The van der Waals surface area contributed by atoms with E-state index in [1.165, 1.54) is 6.07 Å². The Balaban J connectivity index is 2.03. The molecule has 96 valence electrons. The minimum Gasteiger partial charge on any atom is -0.327 e. The summed E-state index contributed by atoms with van der Waals surface area (Å²) in [5, 5.41) is 4.39. The van der Waals surface area contributed by atoms with Crippen molar-refractivity contribution in [3.8, 4) is 0 Å². The molecule has 0 spiro atoms. The molecule has 1 aromatic heterocycles. The highest BCUT2D eigenvalue weighted by atomic mass is 35.5. The molecule has 2 rings (SSSR count). The fraction of sp³-hybridized carbons (Fsp3) is 0.308. The lowest BCUT2D eigenvalue weighted by Crippen LogP contribution is -2.26. The highest BCUT2D eigenvalue weighted by Gasteiger charge is 2.12. The molecular weight excluding hydrogens is 253 g/mol. The first kappa shape index (κ1) is 13.1. The molecule has 0 radical (unpaired) electrons. The van der Waals surface area contributed by atoms with Crippen LogP contribution in [0, 0.1) is 5.82 Å². The van der Waals surface area contributed by atoms with E-state index in [2.05, 4.69) is 5.10 Å². The Morgan fingerprint density at radius 3 is 2.83 bits per heavy atom. The van der Waals surface area contributed by atoms with Crippen molar-refractivity contribution in [1.82, 2.24) is 9.78 Å². The van der Waals surface area contributed by atoms with Crippen LogP contribution in [0.1, 0.15) is 11.3 Å². The van der Waals surface area contributed by atoms with E-state index in [0.29, 0.717) is 18.4 Å². The molecule has 0 saturated carbocycles. The number of nitrogens with two attached hydrogens (primary N) is 1. The number of nitrogens with zero attached hydrogens (tertiary/aromatic N) is 2. The van der Waals surface area contributed by atoms with Crippen molar-refractivity contribution >= 4 is 11.6 Å². The molecule has 18 heavy (non-hydrogen) atoms. The zero-order valence-electron chi connectivity index (χ0n) is 10.1. The summed E-state index contributed by atoms with van der Waals surface area (Å²) in [7, 11) is 1.85. The predicted octanol–water partition coefficient (Wildman–Crippen LogP) is 2.33. The van der Waals surface area contributed by atoms with Gasteiger partial charge in [-0.3, -0.25) is 4.68 Å². The molecule has 3 nitrogen and oxygen atoms in total. The summed E-state index contributed by atoms with van der Waals surface area (Å²) in [6, 6.07) is 6.71. The van der Waals surface area contributed by atoms with Gasteiger partial charge in [-0.05, 0) is 24.1 Å². The van der Waals surface area contributed by atoms with Gasteiger partial charge in [0.25, 0.3) is 0 Å². The molecule has 1 unspecified atom stereocenters. The lowest BCUT2D eigenvalue weighted by atomic mass is 10.0. The zero-order chi connectivity index (χ0) is 13.1. The van der Waals surface area contributed by atoms with Gasteiger partial charge in [-0.1, -0.05) is 23.7 Å². The van der Waals surface area contributed by atoms with Gasteiger partial charge >= 0.3 is 0 Å². The minimum absolute atomic E-state index is 0.137. The minimum atomic E-state index is -0.379. The number of aromatic nitrogens is 2. The predicted molar refractivity (Wildman–Crippen MR) is 70.0 cm³/mol. The third kappa shape index (κ3) is 3.09. The molecule has 1 aromatic carbocycles. The fourth-order valence-corrected chi connectivity index (χ4v) is 2.10. The second kappa shape index (κ2) is 5.50. The Labute approximate surface area is 110 Å². The molecule has 0 amide bonds. The van der Waals surface area contributed by atoms with Crippen LogP contribution in [-0.2, 0) is 19.9 Å². The van der Waals surface area contributed by atoms with E-state index in [0.717, 1.165) is 5.69 Å². The Bertz CT molecular complexity index is 539. The van der Waals surface area contributed by atoms with Gasteiger partial charge in [0.05, 0.1) is 10.7 Å². The van der Waals surface area contributed by atoms with Crippen molar-refractivity contribution in [2.24, 2.45) is 12.8 Å². The molecule has 0 aliphatic carbocycles. The van der Waals surface area contributed by atoms with Gasteiger partial charge in [-0.15, -0.1) is 0 Å². The van der Waals surface area contributed by atoms with Gasteiger partial charge in [0.1, 0.15) is 5.82 Å². The van der Waals surface area contributed by atoms with Crippen molar-refractivity contribution in [2.75, 3.05) is 0 Å². The topological polar surface area (TPSA) is 43.8 Å². The molecule has 0 aliphatic heterocycles. The Morgan fingerprint density at radius 1 is 1.39 bits per heavy atom. The van der Waals surface area contributed by atoms with Gasteiger partial charge in [0, 0.05) is 25.7 Å². The van der Waals surface area contributed by atoms with Crippen LogP contribution in [0.5, 0.6) is 0 Å². The summed E-state index contributed by atoms with van der Waals surface area (Å²) in [6.07, 6.45) is 2.93. The van der Waals surface area contributed by atoms with Crippen LogP contribution in [-0.4, -0.2) is 15.8 Å². The molecule has 0 aliphatic rings. The van der Waals surface area contributed by atoms with E-state index in [1.807, 2.05) is 19.3 Å². The van der Waals surface area contributed by atoms with E-state index in [1.54, 1.807) is 16.8 Å². The SMILES string of the molecule is Cn1ccc(CC(N)Cc2cccc(Cl)c2F)n1. The number of halogens is 2. The van der Waals surface area contributed by atoms with E-state index < -0.39 is 0 Å². The van der Waals surface area contributed by atoms with E-state index in [4.69, 9.17) is 17.3 Å². The van der Waals surface area contributed by atoms with Gasteiger partial charge < -0.3 is 5.73 Å². The lowest BCUT2D eigenvalue weighted by Gasteiger charge is -2.11. The van der Waals surface area contributed by atoms with Crippen molar-refractivity contribution < 1.29 is 4.39 Å². The summed E-state index contributed by atoms with van der Waals surface area (Å²) < 4.78 is 15.4. The van der Waals surface area contributed by atoms with Gasteiger partial charge in [0.2, 0.25) is 0 Å². The maximum Gasteiger partial charge on any atom is 0.145 e. The smallest absolute Gasteiger partial charge is 0.145 e. The Hall–Kier alpha value is -1.39. The van der Waals surface area contributed by atoms with E-state index in [9.17, 15) is 4.39 Å². The molecule has 1 heterocycles. The number of aryl methyl sites for hydroxylation is 1. The number of benzene rings is 1. The van der Waals surface area contributed by atoms with Crippen LogP contribution < -0.4 is 5.73 Å². The third-order valence-corrected chi connectivity index (χ3v) is 3.05. The molecule has 5 heteroatoms. The van der Waals surface area contributed by atoms with Crippen LogP contribution in [0.4, 0.5) is 4.39 Å². The normalized spacial score (nSPS) is 12.7. The summed E-state index contributed by atoms with van der Waals surface area (Å²) in [5.74, 6) is -0.379. The van der Waals surface area contributed by atoms with Crippen molar-refractivity contribution in [3.05, 3.63) is 52.6 Å². The largest absolute Gasteiger partial charge is 0.327 e. The van der Waals surface area contributed by atoms with Gasteiger partial charge in [0.15, 0.2) is 0 Å². The second-order valence-corrected chi connectivity index (χ2v) is 4.77. The Morgan fingerprint density at radius 2 is 2.17 bits per heavy atom. The lowest BCUT2D eigenvalue weighted by molar-refractivity contribution is 0.579. The summed E-state index contributed by atoms with van der Waals surface area (Å²) in [4.78, 5) is 0. The van der Waals surface area contributed by atoms with Gasteiger partial charge in [-0.2, -0.15) is 5.10 Å². The number of rotatable bonds is 4. The Kier molecular flexibility index (Phi) is 3.99. The molecule has 0 fully saturated rings. The average Bonchev–Trinajstić information content (AvgIpc) is 2.70. The first-order valence-corrected chi connectivity index (χ1v) is 6.11. The summed E-state index contributed by atoms with van der Waals surface area (Å²) in [6.45, 7) is 0. The van der Waals surface area contributed by atoms with Crippen molar-refractivity contribution in [3.63, 3.8) is 0 Å². The quantitative estimate of drug-likeness (QED) is 0.924. The summed E-state index contributed by atoms with van der Waals surface area (Å²) >= 11 is 5.73. The van der Waals surface area contributed by atoms with E-state index in [-0.39, 0.29) is 16.9 Å². The zero-order valence-corrected chi connectivity index (χ0v) is 10.9. The van der Waals surface area contributed by atoms with Crippen molar-refractivity contribution in [2.45, 2.75) is 18.9 Å². The molecular formula is C13H15ClFN3. The van der Waals surface area contributed by atoms with Crippen LogP contribution in [0.25, 0.3) is 0 Å².